The number of amides is 3. The van der Waals surface area contributed by atoms with Crippen molar-refractivity contribution < 1.29 is 23.9 Å². The van der Waals surface area contributed by atoms with Gasteiger partial charge in [-0.1, -0.05) is 18.2 Å². The first kappa shape index (κ1) is 23.8. The van der Waals surface area contributed by atoms with E-state index in [0.717, 1.165) is 5.56 Å². The molecule has 2 heterocycles. The molecule has 3 amide bonds. The van der Waals surface area contributed by atoms with Crippen molar-refractivity contribution in [1.29, 1.82) is 0 Å². The van der Waals surface area contributed by atoms with Gasteiger partial charge in [-0.05, 0) is 43.2 Å². The smallest absolute Gasteiger partial charge is 0.258 e. The summed E-state index contributed by atoms with van der Waals surface area (Å²) in [5.41, 5.74) is 8.18. The molecule has 0 radical (unpaired) electrons. The number of hydrogen-bond acceptors (Lipinski definition) is 6. The van der Waals surface area contributed by atoms with Crippen molar-refractivity contribution in [2.45, 2.75) is 25.9 Å². The minimum atomic E-state index is -0.567. The number of nitrogens with two attached hydrogens (primary N) is 1. The second kappa shape index (κ2) is 9.88. The first-order valence-electron chi connectivity index (χ1n) is 11.1. The lowest BCUT2D eigenvalue weighted by atomic mass is 10.0. The Labute approximate surface area is 202 Å². The van der Waals surface area contributed by atoms with Crippen LogP contribution < -0.4 is 25.4 Å². The molecule has 0 bridgehead atoms. The minimum absolute atomic E-state index is 0.149. The number of hydrogen-bond donors (Lipinski definition) is 2. The molecule has 35 heavy (non-hydrogen) atoms. The van der Waals surface area contributed by atoms with Crippen LogP contribution in [0.2, 0.25) is 0 Å². The van der Waals surface area contributed by atoms with Gasteiger partial charge in [-0.25, -0.2) is 0 Å². The number of methoxy groups -OCH3 is 2. The Balaban J connectivity index is 1.66. The van der Waals surface area contributed by atoms with Crippen molar-refractivity contribution in [3.8, 4) is 11.5 Å². The molecule has 0 saturated heterocycles. The number of nitrogens with zero attached hydrogens (tertiary/aromatic N) is 3. The summed E-state index contributed by atoms with van der Waals surface area (Å²) in [6.45, 7) is 2.05. The standard InChI is InChI=1S/C25H27N5O5/c1-15-6-4-5-7-17(15)24(32)27-18-10-11-30(19-13-29(14-22(26)31)28-23(18)19)25(33)16-8-9-20(34-2)21(12-16)35-3/h4-9,12-13,18H,10-11,14H2,1-3H3,(H2,26,31)(H,27,32). The second-order valence-electron chi connectivity index (χ2n) is 8.22. The average Bonchev–Trinajstić information content (AvgIpc) is 3.26. The van der Waals surface area contributed by atoms with Gasteiger partial charge in [0.05, 0.1) is 25.9 Å². The van der Waals surface area contributed by atoms with Crippen molar-refractivity contribution in [2.24, 2.45) is 5.73 Å². The van der Waals surface area contributed by atoms with E-state index in [1.165, 1.54) is 18.9 Å². The SMILES string of the molecule is COc1ccc(C(=O)N2CCC(NC(=O)c3ccccc3C)c3nn(CC(N)=O)cc32)cc1OC. The van der Waals surface area contributed by atoms with E-state index in [1.807, 2.05) is 19.1 Å². The van der Waals surface area contributed by atoms with Crippen LogP contribution in [-0.2, 0) is 11.3 Å². The van der Waals surface area contributed by atoms with Crippen LogP contribution in [0.15, 0.2) is 48.7 Å². The fraction of sp³-hybridized carbons (Fsp3) is 0.280. The molecular weight excluding hydrogens is 450 g/mol. The molecule has 182 valence electrons. The molecular formula is C25H27N5O5. The lowest BCUT2D eigenvalue weighted by Crippen LogP contribution is -2.41. The van der Waals surface area contributed by atoms with Gasteiger partial charge in [0.15, 0.2) is 11.5 Å². The number of nitrogens with one attached hydrogen (secondary N) is 1. The zero-order valence-electron chi connectivity index (χ0n) is 19.8. The van der Waals surface area contributed by atoms with Crippen LogP contribution in [0, 0.1) is 6.92 Å². The summed E-state index contributed by atoms with van der Waals surface area (Å²) in [6, 6.07) is 11.8. The number of benzene rings is 2. The molecule has 10 heteroatoms. The number of carbonyl (C=O) groups is 3. The Hall–Kier alpha value is -4.34. The lowest BCUT2D eigenvalue weighted by Gasteiger charge is -2.31. The first-order chi connectivity index (χ1) is 16.8. The van der Waals surface area contributed by atoms with Crippen LogP contribution in [0.25, 0.3) is 0 Å². The van der Waals surface area contributed by atoms with E-state index in [1.54, 1.807) is 41.4 Å². The summed E-state index contributed by atoms with van der Waals surface area (Å²) in [4.78, 5) is 39.5. The quantitative estimate of drug-likeness (QED) is 0.537. The second-order valence-corrected chi connectivity index (χ2v) is 8.22. The molecule has 1 aromatic heterocycles. The average molecular weight is 478 g/mol. The molecule has 1 atom stereocenters. The van der Waals surface area contributed by atoms with Crippen molar-refractivity contribution in [2.75, 3.05) is 25.7 Å². The van der Waals surface area contributed by atoms with Crippen LogP contribution in [0.3, 0.4) is 0 Å². The molecule has 0 spiro atoms. The van der Waals surface area contributed by atoms with Crippen LogP contribution in [-0.4, -0.2) is 48.3 Å². The predicted molar refractivity (Wildman–Crippen MR) is 129 cm³/mol. The largest absolute Gasteiger partial charge is 0.493 e. The molecule has 0 saturated carbocycles. The normalized spacial score (nSPS) is 14.7. The highest BCUT2D eigenvalue weighted by Gasteiger charge is 2.34. The van der Waals surface area contributed by atoms with E-state index in [-0.39, 0.29) is 18.4 Å². The molecule has 3 N–H and O–H groups in total. The maximum Gasteiger partial charge on any atom is 0.258 e. The summed E-state index contributed by atoms with van der Waals surface area (Å²) < 4.78 is 12.0. The Morgan fingerprint density at radius 2 is 1.86 bits per heavy atom. The highest BCUT2D eigenvalue weighted by molar-refractivity contribution is 6.07. The number of aryl methyl sites for hydroxylation is 1. The third kappa shape index (κ3) is 4.81. The van der Waals surface area contributed by atoms with Gasteiger partial charge in [0.1, 0.15) is 12.2 Å². The van der Waals surface area contributed by atoms with Crippen molar-refractivity contribution >= 4 is 23.4 Å². The topological polar surface area (TPSA) is 129 Å². The van der Waals surface area contributed by atoms with Gasteiger partial charge >= 0.3 is 0 Å². The summed E-state index contributed by atoms with van der Waals surface area (Å²) in [5, 5.41) is 7.52. The first-order valence-corrected chi connectivity index (χ1v) is 11.1. The maximum absolute atomic E-state index is 13.5. The third-order valence-corrected chi connectivity index (χ3v) is 5.92. The fourth-order valence-electron chi connectivity index (χ4n) is 4.18. The van der Waals surface area contributed by atoms with Crippen LogP contribution in [0.5, 0.6) is 11.5 Å². The number of carbonyl (C=O) groups excluding carboxylic acids is 3. The molecule has 0 fully saturated rings. The maximum atomic E-state index is 13.5. The summed E-state index contributed by atoms with van der Waals surface area (Å²) in [6.07, 6.45) is 2.04. The highest BCUT2D eigenvalue weighted by atomic mass is 16.5. The van der Waals surface area contributed by atoms with Gasteiger partial charge in [0, 0.05) is 23.9 Å². The number of anilines is 1. The number of fused-ring (bicyclic) bond motifs is 1. The van der Waals surface area contributed by atoms with E-state index in [4.69, 9.17) is 15.2 Å². The zero-order valence-corrected chi connectivity index (χ0v) is 19.8. The van der Waals surface area contributed by atoms with Crippen molar-refractivity contribution in [3.05, 3.63) is 71.0 Å². The van der Waals surface area contributed by atoms with Crippen molar-refractivity contribution in [1.82, 2.24) is 15.1 Å². The zero-order chi connectivity index (χ0) is 25.1. The van der Waals surface area contributed by atoms with Gasteiger partial charge < -0.3 is 25.4 Å². The van der Waals surface area contributed by atoms with E-state index in [9.17, 15) is 14.4 Å². The van der Waals surface area contributed by atoms with Gasteiger partial charge in [0.2, 0.25) is 5.91 Å². The molecule has 10 nitrogen and oxygen atoms in total. The molecule has 1 aliphatic heterocycles. The van der Waals surface area contributed by atoms with Gasteiger partial charge in [-0.15, -0.1) is 0 Å². The van der Waals surface area contributed by atoms with Gasteiger partial charge in [0.25, 0.3) is 11.8 Å². The van der Waals surface area contributed by atoms with Crippen LogP contribution in [0.1, 0.15) is 44.4 Å². The van der Waals surface area contributed by atoms with E-state index >= 15 is 0 Å². The molecule has 3 aromatic rings. The lowest BCUT2D eigenvalue weighted by molar-refractivity contribution is -0.118. The number of primary amides is 1. The van der Waals surface area contributed by atoms with Crippen molar-refractivity contribution in [3.63, 3.8) is 0 Å². The van der Waals surface area contributed by atoms with Crippen LogP contribution in [0.4, 0.5) is 5.69 Å². The minimum Gasteiger partial charge on any atom is -0.493 e. The summed E-state index contributed by atoms with van der Waals surface area (Å²) in [5.74, 6) is -0.124. The Bertz CT molecular complexity index is 1290. The van der Waals surface area contributed by atoms with Gasteiger partial charge in [-0.3, -0.25) is 19.1 Å². The Kier molecular flexibility index (Phi) is 6.72. The Morgan fingerprint density at radius 3 is 2.54 bits per heavy atom. The fourth-order valence-corrected chi connectivity index (χ4v) is 4.18. The van der Waals surface area contributed by atoms with E-state index in [0.29, 0.717) is 47.0 Å². The number of rotatable bonds is 7. The molecule has 4 rings (SSSR count). The van der Waals surface area contributed by atoms with Crippen LogP contribution >= 0.6 is 0 Å². The summed E-state index contributed by atoms with van der Waals surface area (Å²) >= 11 is 0. The van der Waals surface area contributed by atoms with E-state index in [2.05, 4.69) is 10.4 Å². The molecule has 1 aliphatic rings. The Morgan fingerprint density at radius 1 is 1.11 bits per heavy atom. The molecule has 2 aromatic carbocycles. The number of aromatic nitrogens is 2. The molecule has 1 unspecified atom stereocenters. The molecule has 0 aliphatic carbocycles. The monoisotopic (exact) mass is 477 g/mol. The highest BCUT2D eigenvalue weighted by Crippen LogP contribution is 2.35. The summed E-state index contributed by atoms with van der Waals surface area (Å²) in [7, 11) is 3.02. The van der Waals surface area contributed by atoms with E-state index < -0.39 is 11.9 Å². The third-order valence-electron chi connectivity index (χ3n) is 5.92. The number of ether oxygens (including phenoxy) is 2. The predicted octanol–water partition coefficient (Wildman–Crippen LogP) is 2.22. The van der Waals surface area contributed by atoms with Gasteiger partial charge in [-0.2, -0.15) is 5.10 Å².